The summed E-state index contributed by atoms with van der Waals surface area (Å²) in [5.41, 5.74) is 2.39. The molecular weight excluding hydrogens is 230 g/mol. The molecule has 0 aliphatic carbocycles. The molecular formula is C13H9N3O2. The first-order valence-corrected chi connectivity index (χ1v) is 5.43. The van der Waals surface area contributed by atoms with Crippen LogP contribution in [0.15, 0.2) is 48.7 Å². The van der Waals surface area contributed by atoms with Crippen molar-refractivity contribution in [3.8, 4) is 11.1 Å². The van der Waals surface area contributed by atoms with Crippen LogP contribution in [0.1, 0.15) is 0 Å². The number of nitro benzene ring substituents is 1. The molecule has 1 N–H and O–H groups in total. The Bertz CT molecular complexity index is 734. The fourth-order valence-corrected chi connectivity index (χ4v) is 2.06. The summed E-state index contributed by atoms with van der Waals surface area (Å²) in [5, 5.41) is 18.8. The first-order valence-electron chi connectivity index (χ1n) is 5.43. The van der Waals surface area contributed by atoms with Crippen molar-refractivity contribution in [2.75, 3.05) is 0 Å². The van der Waals surface area contributed by atoms with Gasteiger partial charge in [-0.15, -0.1) is 0 Å². The molecule has 18 heavy (non-hydrogen) atoms. The smallest absolute Gasteiger partial charge is 0.277 e. The Labute approximate surface area is 102 Å². The average Bonchev–Trinajstić information content (AvgIpc) is 2.86. The van der Waals surface area contributed by atoms with Gasteiger partial charge in [-0.05, 0) is 17.7 Å². The molecule has 0 aliphatic rings. The molecule has 5 nitrogen and oxygen atoms in total. The molecule has 0 spiro atoms. The van der Waals surface area contributed by atoms with Crippen LogP contribution in [0.3, 0.4) is 0 Å². The zero-order valence-electron chi connectivity index (χ0n) is 9.33. The molecule has 0 unspecified atom stereocenters. The van der Waals surface area contributed by atoms with Crippen LogP contribution in [-0.2, 0) is 0 Å². The third kappa shape index (κ3) is 1.53. The van der Waals surface area contributed by atoms with Crippen LogP contribution < -0.4 is 0 Å². The number of para-hydroxylation sites is 1. The number of rotatable bonds is 2. The van der Waals surface area contributed by atoms with E-state index in [1.54, 1.807) is 24.4 Å². The van der Waals surface area contributed by atoms with Gasteiger partial charge in [0.2, 0.25) is 0 Å². The van der Waals surface area contributed by atoms with E-state index in [1.165, 1.54) is 6.07 Å². The number of nitrogens with zero attached hydrogens (tertiary/aromatic N) is 2. The highest BCUT2D eigenvalue weighted by atomic mass is 16.6. The van der Waals surface area contributed by atoms with Crippen LogP contribution in [0, 0.1) is 10.1 Å². The molecule has 0 aliphatic heterocycles. The Morgan fingerprint density at radius 2 is 1.83 bits per heavy atom. The quantitative estimate of drug-likeness (QED) is 0.551. The number of aromatic nitrogens is 2. The summed E-state index contributed by atoms with van der Waals surface area (Å²) >= 11 is 0. The minimum Gasteiger partial charge on any atom is -0.278 e. The fraction of sp³-hybridized carbons (Fsp3) is 0. The maximum Gasteiger partial charge on any atom is 0.277 e. The molecule has 0 saturated carbocycles. The molecule has 88 valence electrons. The first-order chi connectivity index (χ1) is 8.77. The van der Waals surface area contributed by atoms with E-state index in [0.29, 0.717) is 5.56 Å². The molecule has 0 saturated heterocycles. The summed E-state index contributed by atoms with van der Waals surface area (Å²) in [4.78, 5) is 10.7. The van der Waals surface area contributed by atoms with E-state index >= 15 is 0 Å². The van der Waals surface area contributed by atoms with Gasteiger partial charge >= 0.3 is 0 Å². The molecule has 0 bridgehead atoms. The van der Waals surface area contributed by atoms with E-state index in [1.807, 2.05) is 18.2 Å². The monoisotopic (exact) mass is 239 g/mol. The van der Waals surface area contributed by atoms with Crippen LogP contribution >= 0.6 is 0 Å². The van der Waals surface area contributed by atoms with Crippen LogP contribution in [-0.4, -0.2) is 15.1 Å². The summed E-state index contributed by atoms with van der Waals surface area (Å²) < 4.78 is 0. The lowest BCUT2D eigenvalue weighted by Crippen LogP contribution is -1.91. The summed E-state index contributed by atoms with van der Waals surface area (Å²) in [7, 11) is 0. The molecule has 3 rings (SSSR count). The van der Waals surface area contributed by atoms with E-state index in [2.05, 4.69) is 10.2 Å². The predicted molar refractivity (Wildman–Crippen MR) is 68.2 cm³/mol. The van der Waals surface area contributed by atoms with Gasteiger partial charge < -0.3 is 0 Å². The lowest BCUT2D eigenvalue weighted by atomic mass is 10.0. The maximum absolute atomic E-state index is 11.1. The molecule has 0 amide bonds. The summed E-state index contributed by atoms with van der Waals surface area (Å²) in [6, 6.07) is 12.3. The van der Waals surface area contributed by atoms with Crippen LogP contribution in [0.2, 0.25) is 0 Å². The van der Waals surface area contributed by atoms with Crippen molar-refractivity contribution in [1.82, 2.24) is 10.2 Å². The van der Waals surface area contributed by atoms with Crippen molar-refractivity contribution in [2.24, 2.45) is 0 Å². The number of fused-ring (bicyclic) bond motifs is 1. The molecule has 2 aromatic carbocycles. The number of hydrogen-bond acceptors (Lipinski definition) is 3. The predicted octanol–water partition coefficient (Wildman–Crippen LogP) is 3.14. The third-order valence-corrected chi connectivity index (χ3v) is 2.88. The average molecular weight is 239 g/mol. The molecule has 0 radical (unpaired) electrons. The Morgan fingerprint density at radius 1 is 1.06 bits per heavy atom. The van der Waals surface area contributed by atoms with Gasteiger partial charge in [0.05, 0.1) is 22.2 Å². The highest BCUT2D eigenvalue weighted by Gasteiger charge is 2.16. The summed E-state index contributed by atoms with van der Waals surface area (Å²) in [6.07, 6.45) is 1.68. The van der Waals surface area contributed by atoms with Crippen molar-refractivity contribution < 1.29 is 4.92 Å². The van der Waals surface area contributed by atoms with E-state index in [4.69, 9.17) is 0 Å². The minimum atomic E-state index is -0.367. The highest BCUT2D eigenvalue weighted by molar-refractivity contribution is 5.96. The van der Waals surface area contributed by atoms with E-state index in [0.717, 1.165) is 16.5 Å². The van der Waals surface area contributed by atoms with Crippen LogP contribution in [0.25, 0.3) is 22.0 Å². The van der Waals surface area contributed by atoms with E-state index in [9.17, 15) is 10.1 Å². The minimum absolute atomic E-state index is 0.103. The zero-order chi connectivity index (χ0) is 12.5. The van der Waals surface area contributed by atoms with Gasteiger partial charge in [0.25, 0.3) is 5.69 Å². The highest BCUT2D eigenvalue weighted by Crippen LogP contribution is 2.33. The van der Waals surface area contributed by atoms with Gasteiger partial charge in [0.15, 0.2) is 0 Å². The topological polar surface area (TPSA) is 71.8 Å². The first kappa shape index (κ1) is 10.5. The third-order valence-electron chi connectivity index (χ3n) is 2.88. The number of nitrogens with one attached hydrogen (secondary N) is 1. The van der Waals surface area contributed by atoms with Crippen molar-refractivity contribution in [3.05, 3.63) is 58.8 Å². The van der Waals surface area contributed by atoms with Gasteiger partial charge in [-0.3, -0.25) is 15.2 Å². The number of benzene rings is 2. The van der Waals surface area contributed by atoms with Crippen molar-refractivity contribution in [3.63, 3.8) is 0 Å². The molecule has 1 heterocycles. The molecule has 0 fully saturated rings. The number of hydrogen-bond donors (Lipinski definition) is 1. The SMILES string of the molecule is O=[N+]([O-])c1ccccc1-c1cccc2[nH]ncc12. The molecule has 3 aromatic rings. The zero-order valence-corrected chi connectivity index (χ0v) is 9.33. The molecule has 5 heteroatoms. The number of H-pyrrole nitrogens is 1. The lowest BCUT2D eigenvalue weighted by Gasteiger charge is -2.04. The Balaban J connectivity index is 2.33. The summed E-state index contributed by atoms with van der Waals surface area (Å²) in [5.74, 6) is 0. The van der Waals surface area contributed by atoms with Crippen LogP contribution in [0.4, 0.5) is 5.69 Å². The normalized spacial score (nSPS) is 10.7. The number of nitro groups is 1. The fourth-order valence-electron chi connectivity index (χ4n) is 2.06. The van der Waals surface area contributed by atoms with Gasteiger partial charge in [-0.25, -0.2) is 0 Å². The second-order valence-corrected chi connectivity index (χ2v) is 3.91. The molecule has 1 aromatic heterocycles. The second kappa shape index (κ2) is 3.96. The second-order valence-electron chi connectivity index (χ2n) is 3.91. The standard InChI is InChI=1S/C13H9N3O2/c17-16(18)13-7-2-1-4-10(13)9-5-3-6-12-11(9)8-14-15-12/h1-8H,(H,14,15). The molecule has 0 atom stereocenters. The van der Waals surface area contributed by atoms with Crippen molar-refractivity contribution in [2.45, 2.75) is 0 Å². The van der Waals surface area contributed by atoms with Gasteiger partial charge in [-0.2, -0.15) is 5.10 Å². The van der Waals surface area contributed by atoms with Gasteiger partial charge in [0.1, 0.15) is 0 Å². The Morgan fingerprint density at radius 3 is 2.67 bits per heavy atom. The Hall–Kier alpha value is -2.69. The van der Waals surface area contributed by atoms with Crippen LogP contribution in [0.5, 0.6) is 0 Å². The maximum atomic E-state index is 11.1. The Kier molecular flexibility index (Phi) is 2.30. The van der Waals surface area contributed by atoms with E-state index in [-0.39, 0.29) is 10.6 Å². The number of aromatic amines is 1. The lowest BCUT2D eigenvalue weighted by molar-refractivity contribution is -0.384. The van der Waals surface area contributed by atoms with Gasteiger partial charge in [-0.1, -0.05) is 24.3 Å². The van der Waals surface area contributed by atoms with Crippen molar-refractivity contribution in [1.29, 1.82) is 0 Å². The van der Waals surface area contributed by atoms with Crippen molar-refractivity contribution >= 4 is 16.6 Å². The largest absolute Gasteiger partial charge is 0.278 e. The van der Waals surface area contributed by atoms with E-state index < -0.39 is 0 Å². The van der Waals surface area contributed by atoms with Gasteiger partial charge in [0, 0.05) is 11.5 Å². The summed E-state index contributed by atoms with van der Waals surface area (Å²) in [6.45, 7) is 0.